The molecular weight excluding hydrogens is 208 g/mol. The van der Waals surface area contributed by atoms with Crippen molar-refractivity contribution in [1.29, 1.82) is 0 Å². The van der Waals surface area contributed by atoms with Crippen LogP contribution in [0, 0.1) is 0 Å². The molecule has 6 heteroatoms. The Morgan fingerprint density at radius 1 is 1.62 bits per heavy atom. The molecule has 2 heterocycles. The van der Waals surface area contributed by atoms with Gasteiger partial charge in [0.25, 0.3) is 0 Å². The average Bonchev–Trinajstić information content (AvgIpc) is 2.77. The summed E-state index contributed by atoms with van der Waals surface area (Å²) < 4.78 is 10.5. The maximum absolute atomic E-state index is 5.63. The van der Waals surface area contributed by atoms with E-state index in [1.54, 1.807) is 0 Å². The molecular formula is C10H18N4O2. The Morgan fingerprint density at radius 3 is 3.31 bits per heavy atom. The number of nitrogens with one attached hydrogen (secondary N) is 1. The Kier molecular flexibility index (Phi) is 4.26. The highest BCUT2D eigenvalue weighted by atomic mass is 16.5. The summed E-state index contributed by atoms with van der Waals surface area (Å²) in [6, 6.07) is 0. The maximum Gasteiger partial charge on any atom is 0.227 e. The minimum atomic E-state index is 0.293. The molecule has 1 aliphatic heterocycles. The average molecular weight is 226 g/mol. The van der Waals surface area contributed by atoms with Gasteiger partial charge in [-0.1, -0.05) is 5.16 Å². The Balaban J connectivity index is 1.57. The van der Waals surface area contributed by atoms with Crippen LogP contribution in [0.3, 0.4) is 0 Å². The first-order valence-corrected chi connectivity index (χ1v) is 5.61. The highest BCUT2D eigenvalue weighted by Gasteiger charge is 2.16. The second kappa shape index (κ2) is 5.93. The largest absolute Gasteiger partial charge is 0.374 e. The van der Waals surface area contributed by atoms with Gasteiger partial charge in [-0.05, 0) is 7.05 Å². The fraction of sp³-hybridized carbons (Fsp3) is 0.800. The van der Waals surface area contributed by atoms with Crippen LogP contribution >= 0.6 is 0 Å². The van der Waals surface area contributed by atoms with Crippen LogP contribution in [0.15, 0.2) is 10.9 Å². The van der Waals surface area contributed by atoms with E-state index in [0.29, 0.717) is 12.0 Å². The van der Waals surface area contributed by atoms with Crippen molar-refractivity contribution in [2.24, 2.45) is 0 Å². The minimum absolute atomic E-state index is 0.293. The number of morpholine rings is 1. The highest BCUT2D eigenvalue weighted by Crippen LogP contribution is 2.01. The standard InChI is InChI=1S/C10H18N4O2/c1-14-4-5-15-9(7-14)6-11-3-2-10-12-8-13-16-10/h8-9,11H,2-7H2,1H3. The highest BCUT2D eigenvalue weighted by molar-refractivity contribution is 4.76. The fourth-order valence-electron chi connectivity index (χ4n) is 1.75. The second-order valence-corrected chi connectivity index (χ2v) is 4.04. The Morgan fingerprint density at radius 2 is 2.56 bits per heavy atom. The molecule has 0 bridgehead atoms. The van der Waals surface area contributed by atoms with Crippen LogP contribution in [0.5, 0.6) is 0 Å². The molecule has 0 radical (unpaired) electrons. The van der Waals surface area contributed by atoms with E-state index in [1.807, 2.05) is 0 Å². The van der Waals surface area contributed by atoms with Gasteiger partial charge in [0.05, 0.1) is 12.7 Å². The molecule has 1 saturated heterocycles. The zero-order valence-electron chi connectivity index (χ0n) is 9.56. The Bertz CT molecular complexity index is 291. The molecule has 1 unspecified atom stereocenters. The summed E-state index contributed by atoms with van der Waals surface area (Å²) in [7, 11) is 2.12. The lowest BCUT2D eigenvalue weighted by molar-refractivity contribution is -0.0179. The molecule has 16 heavy (non-hydrogen) atoms. The Labute approximate surface area is 95.0 Å². The van der Waals surface area contributed by atoms with E-state index in [2.05, 4.69) is 27.4 Å². The van der Waals surface area contributed by atoms with E-state index in [9.17, 15) is 0 Å². The normalized spacial score (nSPS) is 22.4. The van der Waals surface area contributed by atoms with E-state index in [0.717, 1.165) is 39.2 Å². The van der Waals surface area contributed by atoms with Crippen LogP contribution in [0.25, 0.3) is 0 Å². The lowest BCUT2D eigenvalue weighted by atomic mass is 10.3. The van der Waals surface area contributed by atoms with Crippen molar-refractivity contribution in [3.63, 3.8) is 0 Å². The van der Waals surface area contributed by atoms with Crippen LogP contribution in [0.1, 0.15) is 5.89 Å². The van der Waals surface area contributed by atoms with Gasteiger partial charge in [0.2, 0.25) is 5.89 Å². The van der Waals surface area contributed by atoms with E-state index in [-0.39, 0.29) is 0 Å². The van der Waals surface area contributed by atoms with Crippen LogP contribution < -0.4 is 5.32 Å². The Hall–Kier alpha value is -0.980. The molecule has 1 atom stereocenters. The van der Waals surface area contributed by atoms with Gasteiger partial charge in [0.1, 0.15) is 0 Å². The van der Waals surface area contributed by atoms with Crippen molar-refractivity contribution in [2.45, 2.75) is 12.5 Å². The summed E-state index contributed by atoms with van der Waals surface area (Å²) in [5.41, 5.74) is 0. The first kappa shape index (κ1) is 11.5. The number of nitrogens with zero attached hydrogens (tertiary/aromatic N) is 3. The first-order valence-electron chi connectivity index (χ1n) is 5.61. The summed E-state index contributed by atoms with van der Waals surface area (Å²) in [4.78, 5) is 6.24. The second-order valence-electron chi connectivity index (χ2n) is 4.04. The zero-order valence-corrected chi connectivity index (χ0v) is 9.56. The summed E-state index contributed by atoms with van der Waals surface area (Å²) in [5.74, 6) is 0.675. The van der Waals surface area contributed by atoms with Crippen molar-refractivity contribution in [2.75, 3.05) is 39.8 Å². The number of hydrogen-bond acceptors (Lipinski definition) is 6. The lowest BCUT2D eigenvalue weighted by Crippen LogP contribution is -2.45. The third-order valence-corrected chi connectivity index (χ3v) is 2.64. The van der Waals surface area contributed by atoms with Gasteiger partial charge >= 0.3 is 0 Å². The molecule has 0 saturated carbocycles. The molecule has 90 valence electrons. The van der Waals surface area contributed by atoms with E-state index >= 15 is 0 Å². The van der Waals surface area contributed by atoms with Gasteiger partial charge in [-0.3, -0.25) is 0 Å². The predicted molar refractivity (Wildman–Crippen MR) is 58.1 cm³/mol. The molecule has 1 aromatic rings. The van der Waals surface area contributed by atoms with Crippen LogP contribution in [-0.2, 0) is 11.2 Å². The topological polar surface area (TPSA) is 63.4 Å². The summed E-state index contributed by atoms with van der Waals surface area (Å²) in [6.07, 6.45) is 2.48. The summed E-state index contributed by atoms with van der Waals surface area (Å²) in [6.45, 7) is 4.56. The SMILES string of the molecule is CN1CCOC(CNCCc2ncno2)C1. The number of ether oxygens (including phenoxy) is 1. The lowest BCUT2D eigenvalue weighted by Gasteiger charge is -2.30. The number of aromatic nitrogens is 2. The maximum atomic E-state index is 5.63. The van der Waals surface area contributed by atoms with E-state index in [4.69, 9.17) is 9.26 Å². The van der Waals surface area contributed by atoms with Gasteiger partial charge in [0, 0.05) is 32.6 Å². The number of hydrogen-bond donors (Lipinski definition) is 1. The van der Waals surface area contributed by atoms with E-state index in [1.165, 1.54) is 6.33 Å². The van der Waals surface area contributed by atoms with Gasteiger partial charge in [0.15, 0.2) is 6.33 Å². The molecule has 0 amide bonds. The predicted octanol–water partition coefficient (Wildman–Crippen LogP) is -0.468. The van der Waals surface area contributed by atoms with Crippen molar-refractivity contribution < 1.29 is 9.26 Å². The van der Waals surface area contributed by atoms with Crippen molar-refractivity contribution in [3.05, 3.63) is 12.2 Å². The van der Waals surface area contributed by atoms with Gasteiger partial charge < -0.3 is 19.5 Å². The third-order valence-electron chi connectivity index (χ3n) is 2.64. The number of likely N-dealkylation sites (N-methyl/N-ethyl adjacent to an activating group) is 1. The molecule has 1 N–H and O–H groups in total. The first-order chi connectivity index (χ1) is 7.84. The fourth-order valence-corrected chi connectivity index (χ4v) is 1.75. The van der Waals surface area contributed by atoms with Crippen LogP contribution in [0.2, 0.25) is 0 Å². The number of rotatable bonds is 5. The van der Waals surface area contributed by atoms with Gasteiger partial charge in [-0.15, -0.1) is 0 Å². The van der Waals surface area contributed by atoms with E-state index < -0.39 is 0 Å². The molecule has 0 aliphatic carbocycles. The molecule has 1 aliphatic rings. The molecule has 2 rings (SSSR count). The summed E-state index contributed by atoms with van der Waals surface area (Å²) >= 11 is 0. The van der Waals surface area contributed by atoms with Crippen molar-refractivity contribution in [3.8, 4) is 0 Å². The molecule has 0 spiro atoms. The summed E-state index contributed by atoms with van der Waals surface area (Å²) in [5, 5.41) is 6.89. The van der Waals surface area contributed by atoms with Gasteiger partial charge in [-0.25, -0.2) is 0 Å². The van der Waals surface area contributed by atoms with Crippen molar-refractivity contribution in [1.82, 2.24) is 20.4 Å². The smallest absolute Gasteiger partial charge is 0.227 e. The van der Waals surface area contributed by atoms with Gasteiger partial charge in [-0.2, -0.15) is 4.98 Å². The molecule has 1 aromatic heterocycles. The third kappa shape index (κ3) is 3.55. The minimum Gasteiger partial charge on any atom is -0.374 e. The molecule has 1 fully saturated rings. The molecule has 0 aromatic carbocycles. The van der Waals surface area contributed by atoms with Crippen molar-refractivity contribution >= 4 is 0 Å². The molecule has 6 nitrogen and oxygen atoms in total. The monoisotopic (exact) mass is 226 g/mol. The zero-order chi connectivity index (χ0) is 11.2. The van der Waals surface area contributed by atoms with Crippen LogP contribution in [0.4, 0.5) is 0 Å². The van der Waals surface area contributed by atoms with Crippen LogP contribution in [-0.4, -0.2) is 61.0 Å². The quantitative estimate of drug-likeness (QED) is 0.685.